The summed E-state index contributed by atoms with van der Waals surface area (Å²) in [4.78, 5) is 0. The highest BCUT2D eigenvalue weighted by Crippen LogP contribution is 2.53. The van der Waals surface area contributed by atoms with Gasteiger partial charge in [-0.2, -0.15) is 0 Å². The summed E-state index contributed by atoms with van der Waals surface area (Å²) in [7, 11) is 0. The number of hydrogen-bond donors (Lipinski definition) is 0. The Morgan fingerprint density at radius 1 is 0.286 bits per heavy atom. The second-order valence-corrected chi connectivity index (χ2v) is 13.1. The predicted octanol–water partition coefficient (Wildman–Crippen LogP) is 13.7. The molecule has 9 aromatic carbocycles. The van der Waals surface area contributed by atoms with E-state index in [4.69, 9.17) is 4.42 Å². The van der Waals surface area contributed by atoms with Crippen LogP contribution in [0.25, 0.3) is 110 Å². The van der Waals surface area contributed by atoms with Crippen LogP contribution in [0.3, 0.4) is 0 Å². The lowest BCUT2D eigenvalue weighted by Gasteiger charge is -2.21. The van der Waals surface area contributed by atoms with E-state index < -0.39 is 0 Å². The maximum absolute atomic E-state index is 6.23. The van der Waals surface area contributed by atoms with Crippen molar-refractivity contribution in [3.8, 4) is 55.6 Å². The Balaban J connectivity index is 1.27. The second kappa shape index (κ2) is 10.0. The first kappa shape index (κ1) is 26.6. The lowest BCUT2D eigenvalue weighted by molar-refractivity contribution is 0.669. The van der Waals surface area contributed by atoms with Gasteiger partial charge in [-0.05, 0) is 106 Å². The van der Waals surface area contributed by atoms with Gasteiger partial charge in [0.2, 0.25) is 0 Å². The first-order valence-corrected chi connectivity index (χ1v) is 16.9. The first-order valence-electron chi connectivity index (χ1n) is 16.9. The van der Waals surface area contributed by atoms with Gasteiger partial charge in [0.25, 0.3) is 0 Å². The minimum atomic E-state index is 0.914. The average molecular weight is 621 g/mol. The van der Waals surface area contributed by atoms with Crippen LogP contribution in [0.4, 0.5) is 0 Å². The average Bonchev–Trinajstić information content (AvgIpc) is 3.48. The normalized spacial score (nSPS) is 12.1. The molecule has 0 N–H and O–H groups in total. The second-order valence-electron chi connectivity index (χ2n) is 13.1. The quantitative estimate of drug-likeness (QED) is 0.175. The summed E-state index contributed by atoms with van der Waals surface area (Å²) in [5.74, 6) is 0. The van der Waals surface area contributed by atoms with Gasteiger partial charge >= 0.3 is 0 Å². The van der Waals surface area contributed by atoms with Gasteiger partial charge < -0.3 is 4.42 Å². The van der Waals surface area contributed by atoms with Crippen molar-refractivity contribution in [1.82, 2.24) is 0 Å². The molecular weight excluding hydrogens is 593 g/mol. The van der Waals surface area contributed by atoms with Crippen molar-refractivity contribution in [2.45, 2.75) is 0 Å². The molecule has 0 amide bonds. The molecule has 1 aliphatic carbocycles. The van der Waals surface area contributed by atoms with Crippen LogP contribution in [0.5, 0.6) is 0 Å². The molecule has 0 saturated carbocycles. The lowest BCUT2D eigenvalue weighted by Crippen LogP contribution is -1.94. The molecule has 1 aromatic heterocycles. The summed E-state index contributed by atoms with van der Waals surface area (Å²) in [5, 5.41) is 9.86. The topological polar surface area (TPSA) is 13.1 Å². The zero-order valence-corrected chi connectivity index (χ0v) is 26.6. The molecule has 1 heteroatoms. The third-order valence-corrected chi connectivity index (χ3v) is 10.6. The maximum Gasteiger partial charge on any atom is 0.135 e. The van der Waals surface area contributed by atoms with E-state index in [0.29, 0.717) is 0 Å². The molecule has 0 spiro atoms. The predicted molar refractivity (Wildman–Crippen MR) is 207 cm³/mol. The number of hydrogen-bond acceptors (Lipinski definition) is 1. The Kier molecular flexibility index (Phi) is 5.45. The third kappa shape index (κ3) is 3.70. The van der Waals surface area contributed by atoms with Crippen molar-refractivity contribution in [3.63, 3.8) is 0 Å². The van der Waals surface area contributed by atoms with Crippen LogP contribution in [-0.4, -0.2) is 0 Å². The molecule has 1 nitrogen and oxygen atoms in total. The molecule has 0 atom stereocenters. The van der Waals surface area contributed by atoms with Crippen molar-refractivity contribution in [1.29, 1.82) is 0 Å². The van der Waals surface area contributed by atoms with Crippen molar-refractivity contribution in [3.05, 3.63) is 170 Å². The number of para-hydroxylation sites is 1. The van der Waals surface area contributed by atoms with Crippen LogP contribution in [0, 0.1) is 0 Å². The van der Waals surface area contributed by atoms with E-state index in [-0.39, 0.29) is 0 Å². The lowest BCUT2D eigenvalue weighted by atomic mass is 9.81. The number of benzene rings is 9. The number of furan rings is 1. The third-order valence-electron chi connectivity index (χ3n) is 10.6. The van der Waals surface area contributed by atoms with Crippen LogP contribution >= 0.6 is 0 Å². The Morgan fingerprint density at radius 3 is 1.53 bits per heavy atom. The fourth-order valence-electron chi connectivity index (χ4n) is 8.61. The van der Waals surface area contributed by atoms with Gasteiger partial charge in [0.05, 0.1) is 0 Å². The van der Waals surface area contributed by atoms with E-state index in [2.05, 4.69) is 164 Å². The van der Waals surface area contributed by atoms with E-state index in [1.54, 1.807) is 0 Å². The molecule has 0 fully saturated rings. The summed E-state index contributed by atoms with van der Waals surface area (Å²) >= 11 is 0. The molecule has 49 heavy (non-hydrogen) atoms. The van der Waals surface area contributed by atoms with E-state index in [1.807, 2.05) is 6.07 Å². The molecule has 11 rings (SSSR count). The van der Waals surface area contributed by atoms with Gasteiger partial charge in [-0.25, -0.2) is 0 Å². The van der Waals surface area contributed by atoms with Crippen LogP contribution in [0.15, 0.2) is 174 Å². The maximum atomic E-state index is 6.23. The molecule has 0 bridgehead atoms. The summed E-state index contributed by atoms with van der Waals surface area (Å²) in [6.07, 6.45) is 0. The highest BCUT2D eigenvalue weighted by Gasteiger charge is 2.26. The molecule has 0 aliphatic heterocycles. The fraction of sp³-hybridized carbons (Fsp3) is 0. The minimum absolute atomic E-state index is 0.914. The van der Waals surface area contributed by atoms with Crippen molar-refractivity contribution < 1.29 is 4.42 Å². The standard InChI is InChI=1S/C48H28O/c1-2-16-34-31(14-1)33-21-9-12-29-13-10-22-37(45(29)33)40-23-11-24-41(47(34)40)48-38-19-5-3-17-35(38)46(36-18-4-6-20-39(36)48)30-26-27-44-42(28-30)32-15-7-8-25-43(32)49-44/h1-28H. The van der Waals surface area contributed by atoms with E-state index >= 15 is 0 Å². The highest BCUT2D eigenvalue weighted by atomic mass is 16.3. The van der Waals surface area contributed by atoms with Gasteiger partial charge in [-0.3, -0.25) is 0 Å². The molecule has 226 valence electrons. The molecule has 1 heterocycles. The minimum Gasteiger partial charge on any atom is -0.456 e. The summed E-state index contributed by atoms with van der Waals surface area (Å²) in [6, 6.07) is 62.3. The number of rotatable bonds is 2. The van der Waals surface area contributed by atoms with Crippen molar-refractivity contribution in [2.75, 3.05) is 0 Å². The molecule has 10 aromatic rings. The largest absolute Gasteiger partial charge is 0.456 e. The van der Waals surface area contributed by atoms with Crippen LogP contribution in [0.2, 0.25) is 0 Å². The monoisotopic (exact) mass is 620 g/mol. The Bertz CT molecular complexity index is 2930. The molecule has 0 unspecified atom stereocenters. The summed E-state index contributed by atoms with van der Waals surface area (Å²) in [6.45, 7) is 0. The molecular formula is C48H28O. The Morgan fingerprint density at radius 2 is 0.796 bits per heavy atom. The van der Waals surface area contributed by atoms with Crippen LogP contribution in [0.1, 0.15) is 0 Å². The summed E-state index contributed by atoms with van der Waals surface area (Å²) < 4.78 is 6.23. The van der Waals surface area contributed by atoms with Gasteiger partial charge in [0.1, 0.15) is 11.2 Å². The van der Waals surface area contributed by atoms with E-state index in [1.165, 1.54) is 88.0 Å². The SMILES string of the molecule is c1ccc2c(c1)-c1c(-c3c4ccccc4c(-c4ccc5oc6ccccc6c5c4)c4ccccc34)cccc1-c1cccc3cccc-2c13. The van der Waals surface area contributed by atoms with E-state index in [9.17, 15) is 0 Å². The van der Waals surface area contributed by atoms with Crippen molar-refractivity contribution >= 4 is 54.3 Å². The van der Waals surface area contributed by atoms with Crippen LogP contribution < -0.4 is 0 Å². The van der Waals surface area contributed by atoms with Crippen molar-refractivity contribution in [2.24, 2.45) is 0 Å². The van der Waals surface area contributed by atoms with Crippen LogP contribution in [-0.2, 0) is 0 Å². The van der Waals surface area contributed by atoms with Gasteiger partial charge in [0.15, 0.2) is 0 Å². The number of fused-ring (bicyclic) bond motifs is 10. The van der Waals surface area contributed by atoms with E-state index in [0.717, 1.165) is 21.9 Å². The molecule has 0 radical (unpaired) electrons. The fourth-order valence-corrected chi connectivity index (χ4v) is 8.61. The van der Waals surface area contributed by atoms with Gasteiger partial charge in [-0.1, -0.05) is 152 Å². The van der Waals surface area contributed by atoms with Gasteiger partial charge in [0, 0.05) is 10.8 Å². The Hall–Kier alpha value is -6.44. The first-order chi connectivity index (χ1) is 24.3. The molecule has 0 saturated heterocycles. The zero-order valence-electron chi connectivity index (χ0n) is 26.6. The zero-order chi connectivity index (χ0) is 32.1. The highest BCUT2D eigenvalue weighted by molar-refractivity contribution is 6.25. The smallest absolute Gasteiger partial charge is 0.135 e. The van der Waals surface area contributed by atoms with Gasteiger partial charge in [-0.15, -0.1) is 0 Å². The summed E-state index contributed by atoms with van der Waals surface area (Å²) in [5.41, 5.74) is 14.5. The Labute approximate surface area is 283 Å². The molecule has 1 aliphatic rings.